The first-order chi connectivity index (χ1) is 7.21. The van der Waals surface area contributed by atoms with Gasteiger partial charge in [0.1, 0.15) is 0 Å². The maximum atomic E-state index is 11.9. The number of rotatable bonds is 1. The molecule has 1 N–H and O–H groups in total. The van der Waals surface area contributed by atoms with Crippen LogP contribution in [0.15, 0.2) is 16.6 Å². The van der Waals surface area contributed by atoms with Crippen molar-refractivity contribution < 1.29 is 4.79 Å². The number of aryl methyl sites for hydroxylation is 2. The fourth-order valence-corrected chi connectivity index (χ4v) is 1.74. The Morgan fingerprint density at radius 2 is 1.69 bits per heavy atom. The van der Waals surface area contributed by atoms with Gasteiger partial charge < -0.3 is 5.32 Å². The van der Waals surface area contributed by atoms with E-state index in [1.807, 2.05) is 39.8 Å². The van der Waals surface area contributed by atoms with Crippen LogP contribution < -0.4 is 5.32 Å². The number of anilines is 1. The molecule has 0 bridgehead atoms. The van der Waals surface area contributed by atoms with E-state index < -0.39 is 0 Å². The molecule has 0 saturated heterocycles. The summed E-state index contributed by atoms with van der Waals surface area (Å²) in [5, 5.41) is 2.93. The molecular weight excluding hydrogens is 266 g/mol. The smallest absolute Gasteiger partial charge is 0.229 e. The number of carbonyl (C=O) groups excluding carboxylic acids is 1. The second-order valence-corrected chi connectivity index (χ2v) is 5.97. The summed E-state index contributed by atoms with van der Waals surface area (Å²) in [7, 11) is 0. The van der Waals surface area contributed by atoms with Crippen LogP contribution in [0, 0.1) is 19.3 Å². The summed E-state index contributed by atoms with van der Waals surface area (Å²) in [6.07, 6.45) is 0. The Kier molecular flexibility index (Phi) is 3.79. The fourth-order valence-electron chi connectivity index (χ4n) is 1.19. The molecule has 1 rings (SSSR count). The molecule has 0 radical (unpaired) electrons. The van der Waals surface area contributed by atoms with Crippen molar-refractivity contribution >= 4 is 27.5 Å². The largest absolute Gasteiger partial charge is 0.325 e. The highest BCUT2D eigenvalue weighted by molar-refractivity contribution is 9.10. The number of benzene rings is 1. The van der Waals surface area contributed by atoms with E-state index in [4.69, 9.17) is 0 Å². The lowest BCUT2D eigenvalue weighted by Crippen LogP contribution is -2.27. The summed E-state index contributed by atoms with van der Waals surface area (Å²) in [4.78, 5) is 11.9. The molecule has 0 aliphatic heterocycles. The van der Waals surface area contributed by atoms with Crippen LogP contribution in [0.2, 0.25) is 0 Å². The maximum Gasteiger partial charge on any atom is 0.229 e. The molecule has 16 heavy (non-hydrogen) atoms. The molecule has 3 heteroatoms. The maximum absolute atomic E-state index is 11.9. The van der Waals surface area contributed by atoms with Crippen LogP contribution in [-0.4, -0.2) is 5.91 Å². The number of nitrogens with one attached hydrogen (secondary N) is 1. The van der Waals surface area contributed by atoms with Crippen molar-refractivity contribution in [2.24, 2.45) is 5.41 Å². The molecule has 1 amide bonds. The highest BCUT2D eigenvalue weighted by Gasteiger charge is 2.21. The molecule has 2 nitrogen and oxygen atoms in total. The lowest BCUT2D eigenvalue weighted by Gasteiger charge is -2.19. The lowest BCUT2D eigenvalue weighted by atomic mass is 9.95. The van der Waals surface area contributed by atoms with Gasteiger partial charge >= 0.3 is 0 Å². The van der Waals surface area contributed by atoms with Gasteiger partial charge in [-0.2, -0.15) is 0 Å². The van der Waals surface area contributed by atoms with Gasteiger partial charge in [-0.15, -0.1) is 0 Å². The Bertz CT molecular complexity index is 419. The highest BCUT2D eigenvalue weighted by atomic mass is 79.9. The first-order valence-electron chi connectivity index (χ1n) is 5.30. The number of halogens is 1. The van der Waals surface area contributed by atoms with Crippen LogP contribution in [-0.2, 0) is 4.79 Å². The van der Waals surface area contributed by atoms with Crippen molar-refractivity contribution in [2.75, 3.05) is 5.32 Å². The number of hydrogen-bond acceptors (Lipinski definition) is 1. The van der Waals surface area contributed by atoms with Crippen molar-refractivity contribution in [3.63, 3.8) is 0 Å². The molecule has 0 aliphatic rings. The average Bonchev–Trinajstić information content (AvgIpc) is 2.12. The predicted octanol–water partition coefficient (Wildman–Crippen LogP) is 4.05. The number of amides is 1. The monoisotopic (exact) mass is 283 g/mol. The van der Waals surface area contributed by atoms with Gasteiger partial charge in [-0.1, -0.05) is 20.8 Å². The van der Waals surface area contributed by atoms with Crippen molar-refractivity contribution in [1.82, 2.24) is 0 Å². The second kappa shape index (κ2) is 4.58. The summed E-state index contributed by atoms with van der Waals surface area (Å²) in [6.45, 7) is 9.79. The van der Waals surface area contributed by atoms with Crippen molar-refractivity contribution in [3.05, 3.63) is 27.7 Å². The Morgan fingerprint density at radius 3 is 2.19 bits per heavy atom. The molecule has 0 saturated carbocycles. The third kappa shape index (κ3) is 3.08. The first-order valence-corrected chi connectivity index (χ1v) is 6.09. The topological polar surface area (TPSA) is 29.1 Å². The molecule has 0 heterocycles. The standard InChI is InChI=1S/C13H18BrNO/c1-8-6-10(14)11(7-9(8)2)15-12(16)13(3,4)5/h6-7H,1-5H3,(H,15,16). The number of hydrogen-bond donors (Lipinski definition) is 1. The van der Waals surface area contributed by atoms with E-state index in [-0.39, 0.29) is 11.3 Å². The minimum Gasteiger partial charge on any atom is -0.325 e. The lowest BCUT2D eigenvalue weighted by molar-refractivity contribution is -0.123. The van der Waals surface area contributed by atoms with Crippen molar-refractivity contribution in [1.29, 1.82) is 0 Å². The van der Waals surface area contributed by atoms with E-state index in [0.717, 1.165) is 10.2 Å². The Hall–Kier alpha value is -0.830. The molecule has 1 aromatic rings. The van der Waals surface area contributed by atoms with Crippen molar-refractivity contribution in [3.8, 4) is 0 Å². The van der Waals surface area contributed by atoms with E-state index >= 15 is 0 Å². The van der Waals surface area contributed by atoms with Gasteiger partial charge in [0.05, 0.1) is 5.69 Å². The molecular formula is C13H18BrNO. The van der Waals surface area contributed by atoms with E-state index in [2.05, 4.69) is 28.2 Å². The van der Waals surface area contributed by atoms with Gasteiger partial charge in [-0.05, 0) is 53.0 Å². The van der Waals surface area contributed by atoms with Crippen LogP contribution in [0.25, 0.3) is 0 Å². The first kappa shape index (κ1) is 13.2. The minimum absolute atomic E-state index is 0.0245. The molecule has 0 aliphatic carbocycles. The van der Waals surface area contributed by atoms with E-state index in [1.54, 1.807) is 0 Å². The van der Waals surface area contributed by atoms with Gasteiger partial charge in [0.25, 0.3) is 0 Å². The Morgan fingerprint density at radius 1 is 1.19 bits per heavy atom. The van der Waals surface area contributed by atoms with Crippen LogP contribution in [0.3, 0.4) is 0 Å². The van der Waals surface area contributed by atoms with Gasteiger partial charge in [0.2, 0.25) is 5.91 Å². The quantitative estimate of drug-likeness (QED) is 0.828. The van der Waals surface area contributed by atoms with E-state index in [0.29, 0.717) is 0 Å². The summed E-state index contributed by atoms with van der Waals surface area (Å²) in [5.74, 6) is 0.0245. The molecule has 0 spiro atoms. The Balaban J connectivity index is 2.99. The molecule has 0 aromatic heterocycles. The van der Waals surface area contributed by atoms with Gasteiger partial charge in [0, 0.05) is 9.89 Å². The van der Waals surface area contributed by atoms with Crippen molar-refractivity contribution in [2.45, 2.75) is 34.6 Å². The summed E-state index contributed by atoms with van der Waals surface area (Å²) >= 11 is 3.46. The minimum atomic E-state index is -0.377. The SMILES string of the molecule is Cc1cc(Br)c(NC(=O)C(C)(C)C)cc1C. The third-order valence-electron chi connectivity index (χ3n) is 2.51. The fraction of sp³-hybridized carbons (Fsp3) is 0.462. The zero-order chi connectivity index (χ0) is 12.5. The molecule has 0 atom stereocenters. The molecule has 0 unspecified atom stereocenters. The summed E-state index contributed by atoms with van der Waals surface area (Å²) in [5.41, 5.74) is 2.84. The zero-order valence-corrected chi connectivity index (χ0v) is 12.0. The van der Waals surface area contributed by atoms with Crippen LogP contribution >= 0.6 is 15.9 Å². The molecule has 88 valence electrons. The summed E-state index contributed by atoms with van der Waals surface area (Å²) < 4.78 is 0.924. The van der Waals surface area contributed by atoms with E-state index in [1.165, 1.54) is 11.1 Å². The molecule has 1 aromatic carbocycles. The van der Waals surface area contributed by atoms with Gasteiger partial charge in [-0.25, -0.2) is 0 Å². The summed E-state index contributed by atoms with van der Waals surface area (Å²) in [6, 6.07) is 4.01. The van der Waals surface area contributed by atoms with Gasteiger partial charge in [0.15, 0.2) is 0 Å². The normalized spacial score (nSPS) is 11.4. The third-order valence-corrected chi connectivity index (χ3v) is 3.17. The van der Waals surface area contributed by atoms with E-state index in [9.17, 15) is 4.79 Å². The van der Waals surface area contributed by atoms with Crippen LogP contribution in [0.1, 0.15) is 31.9 Å². The van der Waals surface area contributed by atoms with Crippen LogP contribution in [0.5, 0.6) is 0 Å². The molecule has 0 fully saturated rings. The second-order valence-electron chi connectivity index (χ2n) is 5.12. The number of carbonyl (C=O) groups is 1. The highest BCUT2D eigenvalue weighted by Crippen LogP contribution is 2.27. The van der Waals surface area contributed by atoms with Gasteiger partial charge in [-0.3, -0.25) is 4.79 Å². The average molecular weight is 284 g/mol. The predicted molar refractivity (Wildman–Crippen MR) is 71.7 cm³/mol. The van der Waals surface area contributed by atoms with Crippen LogP contribution in [0.4, 0.5) is 5.69 Å². The Labute approximate surface area is 106 Å². The zero-order valence-electron chi connectivity index (χ0n) is 10.4.